The summed E-state index contributed by atoms with van der Waals surface area (Å²) in [4.78, 5) is 34.0. The molecule has 0 aromatic heterocycles. The largest absolute Gasteiger partial charge is 0.493 e. The Morgan fingerprint density at radius 1 is 1.23 bits per heavy atom. The first kappa shape index (κ1) is 20.9. The summed E-state index contributed by atoms with van der Waals surface area (Å²) < 4.78 is 38.4. The number of ether oxygens (including phenoxy) is 3. The summed E-state index contributed by atoms with van der Waals surface area (Å²) >= 11 is 0. The number of carbonyl (C=O) groups excluding carboxylic acids is 3. The molecule has 142 valence electrons. The smallest absolute Gasteiger partial charge is 0.387 e. The van der Waals surface area contributed by atoms with Gasteiger partial charge in [0.1, 0.15) is 0 Å². The zero-order chi connectivity index (χ0) is 19.5. The SMILES string of the molecule is CCNC(=O)NC(=O)COC(=O)/C=C/c1ccc(OC(F)F)c(OC)c1. The summed E-state index contributed by atoms with van der Waals surface area (Å²) in [6.45, 7) is -1.61. The Labute approximate surface area is 148 Å². The van der Waals surface area contributed by atoms with Gasteiger partial charge in [-0.05, 0) is 30.7 Å². The van der Waals surface area contributed by atoms with Crippen LogP contribution < -0.4 is 20.1 Å². The number of imide groups is 1. The monoisotopic (exact) mass is 372 g/mol. The molecule has 1 aromatic rings. The molecule has 0 atom stereocenters. The van der Waals surface area contributed by atoms with Crippen molar-refractivity contribution in [3.63, 3.8) is 0 Å². The molecule has 0 spiro atoms. The van der Waals surface area contributed by atoms with Gasteiger partial charge in [0, 0.05) is 12.6 Å². The standard InChI is InChI=1S/C16H18F2N2O6/c1-3-19-16(23)20-13(21)9-25-14(22)7-5-10-4-6-11(26-15(17)18)12(8-10)24-2/h4-8,15H,3,9H2,1-2H3,(H2,19,20,21,23)/b7-5+. The van der Waals surface area contributed by atoms with Gasteiger partial charge in [-0.2, -0.15) is 8.78 Å². The summed E-state index contributed by atoms with van der Waals surface area (Å²) in [6, 6.07) is 3.37. The number of amides is 3. The van der Waals surface area contributed by atoms with Gasteiger partial charge in [0.15, 0.2) is 18.1 Å². The van der Waals surface area contributed by atoms with Crippen LogP contribution in [0, 0.1) is 0 Å². The van der Waals surface area contributed by atoms with Crippen molar-refractivity contribution < 1.29 is 37.4 Å². The Hall–Kier alpha value is -3.17. The van der Waals surface area contributed by atoms with Crippen molar-refractivity contribution in [1.29, 1.82) is 0 Å². The van der Waals surface area contributed by atoms with E-state index in [0.29, 0.717) is 12.1 Å². The number of esters is 1. The predicted molar refractivity (Wildman–Crippen MR) is 86.8 cm³/mol. The molecule has 0 radical (unpaired) electrons. The number of benzene rings is 1. The second-order valence-corrected chi connectivity index (χ2v) is 4.64. The molecule has 0 aliphatic rings. The number of rotatable bonds is 8. The van der Waals surface area contributed by atoms with Crippen LogP contribution in [0.15, 0.2) is 24.3 Å². The van der Waals surface area contributed by atoms with Gasteiger partial charge in [-0.25, -0.2) is 9.59 Å². The van der Waals surface area contributed by atoms with Gasteiger partial charge in [-0.15, -0.1) is 0 Å². The van der Waals surface area contributed by atoms with Gasteiger partial charge in [-0.3, -0.25) is 10.1 Å². The Bertz CT molecular complexity index is 679. The topological polar surface area (TPSA) is 103 Å². The molecule has 3 amide bonds. The number of nitrogens with one attached hydrogen (secondary N) is 2. The molecule has 8 nitrogen and oxygen atoms in total. The molecular weight excluding hydrogens is 354 g/mol. The second-order valence-electron chi connectivity index (χ2n) is 4.64. The Kier molecular flexibility index (Phi) is 8.55. The van der Waals surface area contributed by atoms with Crippen molar-refractivity contribution in [2.24, 2.45) is 0 Å². The lowest BCUT2D eigenvalue weighted by atomic mass is 10.2. The number of alkyl halides is 2. The van der Waals surface area contributed by atoms with Crippen LogP contribution in [-0.2, 0) is 14.3 Å². The third-order valence-corrected chi connectivity index (χ3v) is 2.75. The summed E-state index contributed by atoms with van der Waals surface area (Å²) in [7, 11) is 1.28. The molecule has 26 heavy (non-hydrogen) atoms. The second kappa shape index (κ2) is 10.6. The molecule has 0 aliphatic carbocycles. The molecule has 0 bridgehead atoms. The van der Waals surface area contributed by atoms with E-state index in [9.17, 15) is 23.2 Å². The first-order valence-electron chi connectivity index (χ1n) is 7.41. The van der Waals surface area contributed by atoms with E-state index in [1.165, 1.54) is 31.4 Å². The van der Waals surface area contributed by atoms with Crippen molar-refractivity contribution >= 4 is 24.0 Å². The van der Waals surface area contributed by atoms with Crippen molar-refractivity contribution in [2.45, 2.75) is 13.5 Å². The molecular formula is C16H18F2N2O6. The van der Waals surface area contributed by atoms with E-state index in [4.69, 9.17) is 4.74 Å². The lowest BCUT2D eigenvalue weighted by Crippen LogP contribution is -2.41. The first-order chi connectivity index (χ1) is 12.3. The number of hydrogen-bond donors (Lipinski definition) is 2. The molecule has 2 N–H and O–H groups in total. The number of urea groups is 1. The van der Waals surface area contributed by atoms with E-state index in [1.54, 1.807) is 6.92 Å². The van der Waals surface area contributed by atoms with Gasteiger partial charge >= 0.3 is 18.6 Å². The summed E-state index contributed by atoms with van der Waals surface area (Å²) in [6.07, 6.45) is 2.36. The van der Waals surface area contributed by atoms with Crippen LogP contribution in [0.1, 0.15) is 12.5 Å². The maximum atomic E-state index is 12.3. The van der Waals surface area contributed by atoms with Crippen LogP contribution in [0.25, 0.3) is 6.08 Å². The molecule has 0 saturated carbocycles. The van der Waals surface area contributed by atoms with Crippen LogP contribution in [0.4, 0.5) is 13.6 Å². The van der Waals surface area contributed by atoms with E-state index in [1.807, 2.05) is 5.32 Å². The molecule has 0 saturated heterocycles. The van der Waals surface area contributed by atoms with E-state index in [-0.39, 0.29) is 11.5 Å². The number of carbonyl (C=O) groups is 3. The number of halogens is 2. The molecule has 1 aromatic carbocycles. The highest BCUT2D eigenvalue weighted by Crippen LogP contribution is 2.29. The van der Waals surface area contributed by atoms with Crippen LogP contribution in [0.2, 0.25) is 0 Å². The maximum Gasteiger partial charge on any atom is 0.387 e. The van der Waals surface area contributed by atoms with Gasteiger partial charge in [-0.1, -0.05) is 6.07 Å². The lowest BCUT2D eigenvalue weighted by Gasteiger charge is -2.10. The minimum atomic E-state index is -2.99. The van der Waals surface area contributed by atoms with Crippen molar-refractivity contribution in [3.8, 4) is 11.5 Å². The Balaban J connectivity index is 2.57. The molecule has 0 unspecified atom stereocenters. The van der Waals surface area contributed by atoms with E-state index in [2.05, 4.69) is 14.8 Å². The fourth-order valence-corrected chi connectivity index (χ4v) is 1.70. The van der Waals surface area contributed by atoms with Gasteiger partial charge in [0.25, 0.3) is 5.91 Å². The Morgan fingerprint density at radius 3 is 2.58 bits per heavy atom. The number of hydrogen-bond acceptors (Lipinski definition) is 6. The summed E-state index contributed by atoms with van der Waals surface area (Å²) in [5, 5.41) is 4.31. The minimum absolute atomic E-state index is 0.0575. The number of methoxy groups -OCH3 is 1. The highest BCUT2D eigenvalue weighted by molar-refractivity contribution is 5.96. The maximum absolute atomic E-state index is 12.3. The third-order valence-electron chi connectivity index (χ3n) is 2.75. The van der Waals surface area contributed by atoms with E-state index in [0.717, 1.165) is 6.08 Å². The molecule has 10 heteroatoms. The third kappa shape index (κ3) is 7.60. The summed E-state index contributed by atoms with van der Waals surface area (Å²) in [5.74, 6) is -1.71. The van der Waals surface area contributed by atoms with Crippen molar-refractivity contribution in [1.82, 2.24) is 10.6 Å². The zero-order valence-electron chi connectivity index (χ0n) is 14.1. The van der Waals surface area contributed by atoms with Gasteiger partial charge in [0.05, 0.1) is 7.11 Å². The summed E-state index contributed by atoms with van der Waals surface area (Å²) in [5.41, 5.74) is 0.451. The fourth-order valence-electron chi connectivity index (χ4n) is 1.70. The average Bonchev–Trinajstić information content (AvgIpc) is 2.58. The molecule has 1 rings (SSSR count). The molecule has 0 aliphatic heterocycles. The van der Waals surface area contributed by atoms with E-state index >= 15 is 0 Å². The zero-order valence-corrected chi connectivity index (χ0v) is 14.1. The highest BCUT2D eigenvalue weighted by Gasteiger charge is 2.11. The lowest BCUT2D eigenvalue weighted by molar-refractivity contribution is -0.143. The van der Waals surface area contributed by atoms with Crippen LogP contribution in [0.3, 0.4) is 0 Å². The molecule has 0 fully saturated rings. The molecule has 0 heterocycles. The van der Waals surface area contributed by atoms with E-state index < -0.39 is 31.1 Å². The predicted octanol–water partition coefficient (Wildman–Crippen LogP) is 1.70. The van der Waals surface area contributed by atoms with Crippen LogP contribution in [-0.4, -0.2) is 44.8 Å². The Morgan fingerprint density at radius 2 is 1.96 bits per heavy atom. The first-order valence-corrected chi connectivity index (χ1v) is 7.41. The van der Waals surface area contributed by atoms with Crippen LogP contribution >= 0.6 is 0 Å². The minimum Gasteiger partial charge on any atom is -0.493 e. The highest BCUT2D eigenvalue weighted by atomic mass is 19.3. The van der Waals surface area contributed by atoms with Crippen molar-refractivity contribution in [3.05, 3.63) is 29.8 Å². The van der Waals surface area contributed by atoms with Crippen LogP contribution in [0.5, 0.6) is 11.5 Å². The fraction of sp³-hybridized carbons (Fsp3) is 0.312. The van der Waals surface area contributed by atoms with Gasteiger partial charge in [0.2, 0.25) is 0 Å². The van der Waals surface area contributed by atoms with Gasteiger partial charge < -0.3 is 19.5 Å². The van der Waals surface area contributed by atoms with Crippen molar-refractivity contribution in [2.75, 3.05) is 20.3 Å². The average molecular weight is 372 g/mol. The normalized spacial score (nSPS) is 10.5. The quantitative estimate of drug-likeness (QED) is 0.532.